The highest BCUT2D eigenvalue weighted by Crippen LogP contribution is 2.23. The second kappa shape index (κ2) is 14.0. The van der Waals surface area contributed by atoms with Crippen molar-refractivity contribution in [2.75, 3.05) is 33.3 Å². The predicted molar refractivity (Wildman–Crippen MR) is 129 cm³/mol. The highest BCUT2D eigenvalue weighted by Gasteiger charge is 2.15. The SMILES string of the molecule is CCNC(=NCc1cc(Br)ccc1OC)NCCCN1CCCCCC1=O.I. The Morgan fingerprint density at radius 1 is 1.29 bits per heavy atom. The number of ether oxygens (including phenoxy) is 1. The second-order valence-corrected chi connectivity index (χ2v) is 7.54. The van der Waals surface area contributed by atoms with Crippen LogP contribution in [0.1, 0.15) is 44.6 Å². The topological polar surface area (TPSA) is 66.0 Å². The molecular weight excluding hydrogens is 535 g/mol. The van der Waals surface area contributed by atoms with Crippen LogP contribution in [0.4, 0.5) is 0 Å². The number of carbonyl (C=O) groups is 1. The van der Waals surface area contributed by atoms with Crippen molar-refractivity contribution in [3.8, 4) is 5.75 Å². The standard InChI is InChI=1S/C20H31BrN4O2.HI/c1-3-22-20(24-15-16-14-17(21)9-10-18(16)27-2)23-11-7-13-25-12-6-4-5-8-19(25)26;/h9-10,14H,3-8,11-13,15H2,1-2H3,(H2,22,23,24);1H. The van der Waals surface area contributed by atoms with Gasteiger partial charge in [0.25, 0.3) is 0 Å². The molecule has 0 atom stereocenters. The van der Waals surface area contributed by atoms with Crippen molar-refractivity contribution in [3.05, 3.63) is 28.2 Å². The predicted octanol–water partition coefficient (Wildman–Crippen LogP) is 3.92. The molecule has 2 N–H and O–H groups in total. The molecule has 0 aliphatic carbocycles. The smallest absolute Gasteiger partial charge is 0.222 e. The number of carbonyl (C=O) groups excluding carboxylic acids is 1. The Morgan fingerprint density at radius 2 is 2.11 bits per heavy atom. The Hall–Kier alpha value is -1.03. The molecule has 1 fully saturated rings. The fourth-order valence-electron chi connectivity index (χ4n) is 3.13. The lowest BCUT2D eigenvalue weighted by atomic mass is 10.2. The molecule has 1 aromatic carbocycles. The van der Waals surface area contributed by atoms with Crippen LogP contribution in [0, 0.1) is 0 Å². The minimum atomic E-state index is 0. The van der Waals surface area contributed by atoms with Crippen LogP contribution < -0.4 is 15.4 Å². The van der Waals surface area contributed by atoms with Crippen molar-refractivity contribution in [1.82, 2.24) is 15.5 Å². The molecule has 0 unspecified atom stereocenters. The van der Waals surface area contributed by atoms with Gasteiger partial charge < -0.3 is 20.3 Å². The number of aliphatic imine (C=N–C) groups is 1. The lowest BCUT2D eigenvalue weighted by Crippen LogP contribution is -2.39. The van der Waals surface area contributed by atoms with E-state index in [4.69, 9.17) is 4.74 Å². The Labute approximate surface area is 194 Å². The van der Waals surface area contributed by atoms with E-state index in [-0.39, 0.29) is 24.0 Å². The molecule has 0 aromatic heterocycles. The van der Waals surface area contributed by atoms with Crippen LogP contribution in [0.2, 0.25) is 0 Å². The maximum Gasteiger partial charge on any atom is 0.222 e. The Balaban J connectivity index is 0.00000392. The van der Waals surface area contributed by atoms with Gasteiger partial charge in [0.2, 0.25) is 5.91 Å². The summed E-state index contributed by atoms with van der Waals surface area (Å²) >= 11 is 3.50. The minimum absolute atomic E-state index is 0. The van der Waals surface area contributed by atoms with Crippen LogP contribution in [0.5, 0.6) is 5.75 Å². The van der Waals surface area contributed by atoms with Crippen molar-refractivity contribution < 1.29 is 9.53 Å². The van der Waals surface area contributed by atoms with Crippen LogP contribution in [0.25, 0.3) is 0 Å². The summed E-state index contributed by atoms with van der Waals surface area (Å²) < 4.78 is 6.42. The summed E-state index contributed by atoms with van der Waals surface area (Å²) in [4.78, 5) is 18.7. The summed E-state index contributed by atoms with van der Waals surface area (Å²) in [6, 6.07) is 5.92. The lowest BCUT2D eigenvalue weighted by molar-refractivity contribution is -0.130. The summed E-state index contributed by atoms with van der Waals surface area (Å²) in [5.74, 6) is 1.91. The van der Waals surface area contributed by atoms with Gasteiger partial charge in [-0.05, 0) is 44.4 Å². The van der Waals surface area contributed by atoms with Gasteiger partial charge in [0.1, 0.15) is 5.75 Å². The molecular formula is C20H32BrIN4O2. The molecule has 1 aliphatic heterocycles. The summed E-state index contributed by atoms with van der Waals surface area (Å²) in [5.41, 5.74) is 1.03. The van der Waals surface area contributed by atoms with E-state index in [9.17, 15) is 4.79 Å². The van der Waals surface area contributed by atoms with Gasteiger partial charge in [-0.3, -0.25) is 4.79 Å². The number of benzene rings is 1. The van der Waals surface area contributed by atoms with Gasteiger partial charge in [-0.15, -0.1) is 24.0 Å². The van der Waals surface area contributed by atoms with Crippen molar-refractivity contribution in [3.63, 3.8) is 0 Å². The molecule has 0 saturated carbocycles. The van der Waals surface area contributed by atoms with Crippen LogP contribution in [-0.4, -0.2) is 50.1 Å². The van der Waals surface area contributed by atoms with Gasteiger partial charge in [-0.1, -0.05) is 22.4 Å². The number of nitrogens with zero attached hydrogens (tertiary/aromatic N) is 2. The first kappa shape index (κ1) is 25.0. The second-order valence-electron chi connectivity index (χ2n) is 6.62. The van der Waals surface area contributed by atoms with Gasteiger partial charge in [0, 0.05) is 42.6 Å². The number of nitrogens with one attached hydrogen (secondary N) is 2. The van der Waals surface area contributed by atoms with Crippen molar-refractivity contribution in [2.24, 2.45) is 4.99 Å². The van der Waals surface area contributed by atoms with Crippen LogP contribution in [-0.2, 0) is 11.3 Å². The van der Waals surface area contributed by atoms with E-state index < -0.39 is 0 Å². The van der Waals surface area contributed by atoms with Gasteiger partial charge in [0.05, 0.1) is 13.7 Å². The molecule has 8 heteroatoms. The van der Waals surface area contributed by atoms with Crippen LogP contribution >= 0.6 is 39.9 Å². The molecule has 1 saturated heterocycles. The lowest BCUT2D eigenvalue weighted by Gasteiger charge is -2.20. The number of hydrogen-bond acceptors (Lipinski definition) is 3. The maximum atomic E-state index is 12.0. The Morgan fingerprint density at radius 3 is 2.86 bits per heavy atom. The van der Waals surface area contributed by atoms with E-state index in [1.165, 1.54) is 0 Å². The molecule has 158 valence electrons. The van der Waals surface area contributed by atoms with Crippen LogP contribution in [0.3, 0.4) is 0 Å². The number of likely N-dealkylation sites (tertiary alicyclic amines) is 1. The highest BCUT2D eigenvalue weighted by atomic mass is 127. The first-order chi connectivity index (χ1) is 13.1. The zero-order valence-corrected chi connectivity index (χ0v) is 20.7. The molecule has 1 heterocycles. The van der Waals surface area contributed by atoms with E-state index in [0.717, 1.165) is 73.6 Å². The summed E-state index contributed by atoms with van der Waals surface area (Å²) in [6.07, 6.45) is 4.93. The van der Waals surface area contributed by atoms with Crippen molar-refractivity contribution in [1.29, 1.82) is 0 Å². The normalized spacial score (nSPS) is 14.9. The number of amides is 1. The Bertz CT molecular complexity index is 643. The zero-order chi connectivity index (χ0) is 19.5. The molecule has 6 nitrogen and oxygen atoms in total. The van der Waals surface area contributed by atoms with E-state index in [1.54, 1.807) is 7.11 Å². The quantitative estimate of drug-likeness (QED) is 0.217. The molecule has 1 aliphatic rings. The maximum absolute atomic E-state index is 12.0. The average molecular weight is 567 g/mol. The van der Waals surface area contributed by atoms with Gasteiger partial charge in [-0.25, -0.2) is 4.99 Å². The van der Waals surface area contributed by atoms with E-state index in [1.807, 2.05) is 30.0 Å². The molecule has 1 aromatic rings. The van der Waals surface area contributed by atoms with Crippen molar-refractivity contribution in [2.45, 2.75) is 45.6 Å². The van der Waals surface area contributed by atoms with E-state index >= 15 is 0 Å². The van der Waals surface area contributed by atoms with E-state index in [0.29, 0.717) is 18.9 Å². The fourth-order valence-corrected chi connectivity index (χ4v) is 3.54. The molecule has 0 radical (unpaired) electrons. The largest absolute Gasteiger partial charge is 0.496 e. The average Bonchev–Trinajstić information content (AvgIpc) is 2.87. The van der Waals surface area contributed by atoms with E-state index in [2.05, 4.69) is 31.6 Å². The monoisotopic (exact) mass is 566 g/mol. The first-order valence-electron chi connectivity index (χ1n) is 9.76. The number of guanidine groups is 1. The third-order valence-electron chi connectivity index (χ3n) is 4.56. The number of hydrogen-bond donors (Lipinski definition) is 2. The van der Waals surface area contributed by atoms with Crippen LogP contribution in [0.15, 0.2) is 27.7 Å². The van der Waals surface area contributed by atoms with Gasteiger partial charge >= 0.3 is 0 Å². The fraction of sp³-hybridized carbons (Fsp3) is 0.600. The number of halogens is 2. The summed E-state index contributed by atoms with van der Waals surface area (Å²) in [5, 5.41) is 6.63. The molecule has 28 heavy (non-hydrogen) atoms. The first-order valence-corrected chi connectivity index (χ1v) is 10.6. The minimum Gasteiger partial charge on any atom is -0.496 e. The third kappa shape index (κ3) is 8.55. The molecule has 0 spiro atoms. The third-order valence-corrected chi connectivity index (χ3v) is 5.06. The molecule has 1 amide bonds. The number of rotatable bonds is 8. The van der Waals surface area contributed by atoms with Crippen molar-refractivity contribution >= 4 is 51.8 Å². The van der Waals surface area contributed by atoms with Gasteiger partial charge in [0.15, 0.2) is 5.96 Å². The summed E-state index contributed by atoms with van der Waals surface area (Å²) in [7, 11) is 1.67. The molecule has 2 rings (SSSR count). The molecule has 0 bridgehead atoms. The highest BCUT2D eigenvalue weighted by molar-refractivity contribution is 14.0. The summed E-state index contributed by atoms with van der Waals surface area (Å²) in [6.45, 7) is 5.87. The zero-order valence-electron chi connectivity index (χ0n) is 16.8. The Kier molecular flexibility index (Phi) is 12.5. The van der Waals surface area contributed by atoms with Gasteiger partial charge in [-0.2, -0.15) is 0 Å². The number of methoxy groups -OCH3 is 1.